The molecule has 0 saturated heterocycles. The molecule has 5 aromatic rings. The van der Waals surface area contributed by atoms with E-state index in [0.717, 1.165) is 29.5 Å². The Hall–Kier alpha value is -5.09. The number of hydrogen-bond acceptors (Lipinski definition) is 3. The van der Waals surface area contributed by atoms with Crippen LogP contribution in [0.25, 0.3) is 11.1 Å². The van der Waals surface area contributed by atoms with Crippen LogP contribution in [0.4, 0.5) is 0 Å². The molecule has 228 valence electrons. The van der Waals surface area contributed by atoms with Gasteiger partial charge in [0.1, 0.15) is 0 Å². The Kier molecular flexibility index (Phi) is 12.2. The van der Waals surface area contributed by atoms with E-state index in [9.17, 15) is 14.4 Å². The number of unbranched alkanes of at least 4 members (excludes halogenated alkanes) is 1. The average molecular weight is 597 g/mol. The molecule has 0 saturated carbocycles. The van der Waals surface area contributed by atoms with Crippen molar-refractivity contribution < 1.29 is 19.5 Å². The third-order valence-electron chi connectivity index (χ3n) is 8.01. The van der Waals surface area contributed by atoms with Crippen LogP contribution in [0.3, 0.4) is 0 Å². The molecule has 1 atom stereocenters. The second kappa shape index (κ2) is 16.7. The number of aromatic carboxylic acids is 1. The van der Waals surface area contributed by atoms with Crippen molar-refractivity contribution in [3.63, 3.8) is 0 Å². The lowest BCUT2D eigenvalue weighted by Gasteiger charge is -2.17. The van der Waals surface area contributed by atoms with Crippen LogP contribution >= 0.6 is 0 Å². The van der Waals surface area contributed by atoms with E-state index >= 15 is 0 Å². The van der Waals surface area contributed by atoms with Crippen LogP contribution in [0.5, 0.6) is 0 Å². The van der Waals surface area contributed by atoms with Gasteiger partial charge in [-0.1, -0.05) is 167 Å². The lowest BCUT2D eigenvalue weighted by molar-refractivity contribution is 0.0692. The Morgan fingerprint density at radius 2 is 1.04 bits per heavy atom. The summed E-state index contributed by atoms with van der Waals surface area (Å²) in [6.07, 6.45) is 5.87. The summed E-state index contributed by atoms with van der Waals surface area (Å²) in [5.74, 6) is -0.594. The summed E-state index contributed by atoms with van der Waals surface area (Å²) in [5.41, 5.74) is 5.83. The molecule has 0 aromatic heterocycles. The highest BCUT2D eigenvalue weighted by atomic mass is 16.4. The first kappa shape index (κ1) is 32.8. The molecule has 0 aliphatic rings. The normalized spacial score (nSPS) is 11.2. The zero-order valence-electron chi connectivity index (χ0n) is 26.0. The maximum absolute atomic E-state index is 13.2. The predicted octanol–water partition coefficient (Wildman–Crippen LogP) is 9.96. The van der Waals surface area contributed by atoms with Crippen molar-refractivity contribution in [1.82, 2.24) is 0 Å². The van der Waals surface area contributed by atoms with Crippen LogP contribution in [0.2, 0.25) is 0 Å². The van der Waals surface area contributed by atoms with Crippen molar-refractivity contribution in [3.8, 4) is 11.1 Å². The number of carboxylic acids is 1. The fraction of sp³-hybridized carbons (Fsp3) is 0.195. The highest BCUT2D eigenvalue weighted by Gasteiger charge is 2.18. The Bertz CT molecular complexity index is 1690. The summed E-state index contributed by atoms with van der Waals surface area (Å²) < 4.78 is 0. The van der Waals surface area contributed by atoms with E-state index in [2.05, 4.69) is 38.1 Å². The van der Waals surface area contributed by atoms with Gasteiger partial charge in [-0.25, -0.2) is 4.79 Å². The fourth-order valence-electron chi connectivity index (χ4n) is 5.39. The van der Waals surface area contributed by atoms with Crippen LogP contribution in [-0.4, -0.2) is 22.6 Å². The second-order valence-electron chi connectivity index (χ2n) is 11.1. The van der Waals surface area contributed by atoms with Gasteiger partial charge in [0, 0.05) is 22.3 Å². The molecular formula is C41H40O4. The smallest absolute Gasteiger partial charge is 0.336 e. The van der Waals surface area contributed by atoms with E-state index in [1.807, 2.05) is 54.6 Å². The maximum atomic E-state index is 13.2. The van der Waals surface area contributed by atoms with Gasteiger partial charge in [0.25, 0.3) is 0 Å². The first-order valence-corrected chi connectivity index (χ1v) is 15.6. The molecule has 0 fully saturated rings. The molecule has 0 amide bonds. The lowest BCUT2D eigenvalue weighted by Crippen LogP contribution is -2.10. The van der Waals surface area contributed by atoms with Gasteiger partial charge in [0.15, 0.2) is 11.6 Å². The van der Waals surface area contributed by atoms with Gasteiger partial charge in [-0.2, -0.15) is 0 Å². The van der Waals surface area contributed by atoms with Crippen LogP contribution in [-0.2, 0) is 6.42 Å². The lowest BCUT2D eigenvalue weighted by atomic mass is 9.88. The molecule has 0 aliphatic carbocycles. The highest BCUT2D eigenvalue weighted by molar-refractivity contribution is 6.14. The van der Waals surface area contributed by atoms with Gasteiger partial charge in [-0.05, 0) is 35.1 Å². The SMILES string of the molecule is CCCCC(CC)Cc1ccccc1C(=O)c1ccc(-c2ccccc2)cc1.O=C(O)c1ccccc1C(=O)c1ccccc1. The monoisotopic (exact) mass is 596 g/mol. The standard InChI is InChI=1S/C27H30O.C14H10O3/c1-3-5-11-21(4-2)20-25-14-9-10-15-26(25)27(28)24-18-16-23(17-19-24)22-12-7-6-8-13-22;15-13(10-6-2-1-3-7-10)11-8-4-5-9-12(11)14(16)17/h6-10,12-19,21H,3-5,11,20H2,1-2H3;1-9H,(H,16,17). The molecule has 4 nitrogen and oxygen atoms in total. The Morgan fingerprint density at radius 3 is 1.64 bits per heavy atom. The minimum Gasteiger partial charge on any atom is -0.478 e. The summed E-state index contributed by atoms with van der Waals surface area (Å²) in [7, 11) is 0. The first-order chi connectivity index (χ1) is 21.9. The van der Waals surface area contributed by atoms with Crippen LogP contribution in [0.15, 0.2) is 133 Å². The third-order valence-corrected chi connectivity index (χ3v) is 8.01. The van der Waals surface area contributed by atoms with Crippen molar-refractivity contribution in [1.29, 1.82) is 0 Å². The van der Waals surface area contributed by atoms with E-state index in [-0.39, 0.29) is 22.7 Å². The molecule has 45 heavy (non-hydrogen) atoms. The number of carbonyl (C=O) groups excluding carboxylic acids is 2. The summed E-state index contributed by atoms with van der Waals surface area (Å²) >= 11 is 0. The molecule has 1 unspecified atom stereocenters. The minimum atomic E-state index is -1.09. The molecule has 5 rings (SSSR count). The zero-order valence-corrected chi connectivity index (χ0v) is 26.0. The van der Waals surface area contributed by atoms with Gasteiger partial charge < -0.3 is 5.11 Å². The number of carbonyl (C=O) groups is 3. The Morgan fingerprint density at radius 1 is 0.556 bits per heavy atom. The summed E-state index contributed by atoms with van der Waals surface area (Å²) in [5, 5.41) is 9.01. The average Bonchev–Trinajstić information content (AvgIpc) is 3.10. The topological polar surface area (TPSA) is 71.4 Å². The number of benzene rings is 5. The van der Waals surface area contributed by atoms with Gasteiger partial charge in [-0.15, -0.1) is 0 Å². The van der Waals surface area contributed by atoms with Crippen molar-refractivity contribution >= 4 is 17.5 Å². The van der Waals surface area contributed by atoms with Gasteiger partial charge >= 0.3 is 5.97 Å². The summed E-state index contributed by atoms with van der Waals surface area (Å²) in [6.45, 7) is 4.50. The molecule has 0 bridgehead atoms. The number of ketones is 2. The summed E-state index contributed by atoms with van der Waals surface area (Å²) in [6, 6.07) is 41.2. The molecule has 0 aliphatic heterocycles. The Labute approximate surface area is 266 Å². The number of hydrogen-bond donors (Lipinski definition) is 1. The van der Waals surface area contributed by atoms with Crippen molar-refractivity contribution in [2.75, 3.05) is 0 Å². The number of rotatable bonds is 12. The molecule has 5 aromatic carbocycles. The van der Waals surface area contributed by atoms with Crippen molar-refractivity contribution in [2.45, 2.75) is 46.0 Å². The predicted molar refractivity (Wildman–Crippen MR) is 182 cm³/mol. The van der Waals surface area contributed by atoms with E-state index in [0.29, 0.717) is 11.5 Å². The van der Waals surface area contributed by atoms with Crippen LogP contribution < -0.4 is 0 Å². The highest BCUT2D eigenvalue weighted by Crippen LogP contribution is 2.25. The summed E-state index contributed by atoms with van der Waals surface area (Å²) in [4.78, 5) is 36.3. The minimum absolute atomic E-state index is 0.0290. The maximum Gasteiger partial charge on any atom is 0.336 e. The van der Waals surface area contributed by atoms with Gasteiger partial charge in [0.05, 0.1) is 5.56 Å². The molecule has 0 radical (unpaired) electrons. The molecule has 1 N–H and O–H groups in total. The fourth-order valence-corrected chi connectivity index (χ4v) is 5.39. The molecule has 4 heteroatoms. The van der Waals surface area contributed by atoms with Gasteiger partial charge in [-0.3, -0.25) is 9.59 Å². The van der Waals surface area contributed by atoms with Gasteiger partial charge in [0.2, 0.25) is 0 Å². The van der Waals surface area contributed by atoms with E-state index in [1.54, 1.807) is 42.5 Å². The molecule has 0 spiro atoms. The first-order valence-electron chi connectivity index (χ1n) is 15.6. The quantitative estimate of drug-likeness (QED) is 0.146. The van der Waals surface area contributed by atoms with Crippen molar-refractivity contribution in [3.05, 3.63) is 167 Å². The van der Waals surface area contributed by atoms with Crippen LogP contribution in [0, 0.1) is 5.92 Å². The second-order valence-corrected chi connectivity index (χ2v) is 11.1. The van der Waals surface area contributed by atoms with Crippen molar-refractivity contribution in [2.24, 2.45) is 5.92 Å². The zero-order chi connectivity index (χ0) is 32.0. The largest absolute Gasteiger partial charge is 0.478 e. The van der Waals surface area contributed by atoms with E-state index in [1.165, 1.54) is 42.5 Å². The third kappa shape index (κ3) is 8.96. The van der Waals surface area contributed by atoms with Crippen LogP contribution in [0.1, 0.15) is 87.3 Å². The molecule has 0 heterocycles. The molecular weight excluding hydrogens is 556 g/mol. The number of carboxylic acid groups (broad SMARTS) is 1. The van der Waals surface area contributed by atoms with E-state index in [4.69, 9.17) is 5.11 Å². The Balaban J connectivity index is 0.000000231. The van der Waals surface area contributed by atoms with E-state index < -0.39 is 5.97 Å².